The van der Waals surface area contributed by atoms with Crippen molar-refractivity contribution in [3.8, 4) is 0 Å². The van der Waals surface area contributed by atoms with Crippen LogP contribution < -0.4 is 10.2 Å². The molecule has 0 bridgehead atoms. The number of amides is 3. The van der Waals surface area contributed by atoms with Crippen molar-refractivity contribution in [2.45, 2.75) is 43.3 Å². The number of imide groups is 1. The van der Waals surface area contributed by atoms with Crippen LogP contribution in [0, 0.1) is 6.92 Å². The summed E-state index contributed by atoms with van der Waals surface area (Å²) in [5.74, 6) is -0.475. The fourth-order valence-electron chi connectivity index (χ4n) is 4.03. The van der Waals surface area contributed by atoms with Crippen molar-refractivity contribution >= 4 is 52.5 Å². The molecule has 5 nitrogen and oxygen atoms in total. The summed E-state index contributed by atoms with van der Waals surface area (Å²) < 4.78 is 0. The predicted octanol–water partition coefficient (Wildman–Crippen LogP) is 5.82. The molecule has 0 aromatic heterocycles. The minimum Gasteiger partial charge on any atom is -0.326 e. The summed E-state index contributed by atoms with van der Waals surface area (Å²) >= 11 is 7.26. The molecule has 34 heavy (non-hydrogen) atoms. The van der Waals surface area contributed by atoms with Crippen molar-refractivity contribution in [1.82, 2.24) is 0 Å². The van der Waals surface area contributed by atoms with Crippen molar-refractivity contribution in [3.05, 3.63) is 88.4 Å². The van der Waals surface area contributed by atoms with E-state index in [1.165, 1.54) is 16.7 Å². The van der Waals surface area contributed by atoms with E-state index in [1.54, 1.807) is 24.3 Å². The Balaban J connectivity index is 1.40. The Morgan fingerprint density at radius 1 is 1.06 bits per heavy atom. The summed E-state index contributed by atoms with van der Waals surface area (Å²) in [6.07, 6.45) is 1.17. The number of aryl methyl sites for hydroxylation is 2. The lowest BCUT2D eigenvalue weighted by atomic mass is 10.0. The fraction of sp³-hybridized carbons (Fsp3) is 0.222. The number of carbonyl (C=O) groups is 3. The van der Waals surface area contributed by atoms with Gasteiger partial charge in [-0.2, -0.15) is 0 Å². The number of halogens is 1. The highest BCUT2D eigenvalue weighted by Gasteiger charge is 2.41. The molecule has 1 atom stereocenters. The zero-order valence-corrected chi connectivity index (χ0v) is 20.6. The minimum absolute atomic E-state index is 0.125. The summed E-state index contributed by atoms with van der Waals surface area (Å²) in [7, 11) is 0. The van der Waals surface area contributed by atoms with E-state index in [0.717, 1.165) is 33.7 Å². The van der Waals surface area contributed by atoms with E-state index in [4.69, 9.17) is 11.6 Å². The van der Waals surface area contributed by atoms with Gasteiger partial charge in [0.2, 0.25) is 17.7 Å². The maximum absolute atomic E-state index is 13.2. The Morgan fingerprint density at radius 2 is 1.76 bits per heavy atom. The van der Waals surface area contributed by atoms with Crippen molar-refractivity contribution in [3.63, 3.8) is 0 Å². The number of hydrogen-bond acceptors (Lipinski definition) is 4. The summed E-state index contributed by atoms with van der Waals surface area (Å²) in [6, 6.07) is 20.3. The normalized spacial score (nSPS) is 15.6. The van der Waals surface area contributed by atoms with Crippen LogP contribution in [0.4, 0.5) is 11.4 Å². The lowest BCUT2D eigenvalue weighted by molar-refractivity contribution is -0.121. The monoisotopic (exact) mass is 492 g/mol. The molecule has 1 heterocycles. The summed E-state index contributed by atoms with van der Waals surface area (Å²) in [4.78, 5) is 40.5. The smallest absolute Gasteiger partial charge is 0.247 e. The summed E-state index contributed by atoms with van der Waals surface area (Å²) in [5, 5.41) is 3.04. The van der Waals surface area contributed by atoms with Crippen LogP contribution in [0.1, 0.15) is 30.0 Å². The Labute approximate surface area is 208 Å². The van der Waals surface area contributed by atoms with Gasteiger partial charge in [0.1, 0.15) is 0 Å². The van der Waals surface area contributed by atoms with Crippen LogP contribution in [0.5, 0.6) is 0 Å². The largest absolute Gasteiger partial charge is 0.326 e. The van der Waals surface area contributed by atoms with Crippen LogP contribution >= 0.6 is 23.4 Å². The van der Waals surface area contributed by atoms with Crippen molar-refractivity contribution in [1.29, 1.82) is 0 Å². The number of carbonyl (C=O) groups excluding carboxylic acids is 3. The first-order chi connectivity index (χ1) is 16.4. The van der Waals surface area contributed by atoms with Gasteiger partial charge in [-0.1, -0.05) is 48.9 Å². The van der Waals surface area contributed by atoms with Gasteiger partial charge in [-0.05, 0) is 66.4 Å². The molecule has 0 spiro atoms. The Morgan fingerprint density at radius 3 is 2.44 bits per heavy atom. The number of benzene rings is 3. The van der Waals surface area contributed by atoms with Gasteiger partial charge in [-0.15, -0.1) is 11.8 Å². The zero-order valence-electron chi connectivity index (χ0n) is 19.0. The van der Waals surface area contributed by atoms with E-state index in [2.05, 4.69) is 5.32 Å². The van der Waals surface area contributed by atoms with Crippen molar-refractivity contribution < 1.29 is 14.4 Å². The quantitative estimate of drug-likeness (QED) is 0.422. The molecule has 3 aromatic rings. The second-order valence-corrected chi connectivity index (χ2v) is 9.90. The predicted molar refractivity (Wildman–Crippen MR) is 138 cm³/mol. The molecule has 1 saturated heterocycles. The lowest BCUT2D eigenvalue weighted by Crippen LogP contribution is -2.32. The molecule has 0 radical (unpaired) electrons. The molecule has 3 amide bonds. The number of thioether (sulfide) groups is 1. The van der Waals surface area contributed by atoms with E-state index >= 15 is 0 Å². The van der Waals surface area contributed by atoms with Gasteiger partial charge in [-0.3, -0.25) is 14.4 Å². The Bertz CT molecular complexity index is 1230. The average Bonchev–Trinajstić information content (AvgIpc) is 3.09. The Kier molecular flexibility index (Phi) is 7.39. The van der Waals surface area contributed by atoms with E-state index in [0.29, 0.717) is 10.7 Å². The second kappa shape index (κ2) is 10.5. The van der Waals surface area contributed by atoms with Crippen LogP contribution in [0.25, 0.3) is 0 Å². The molecule has 1 aliphatic rings. The van der Waals surface area contributed by atoms with Crippen molar-refractivity contribution in [2.75, 3.05) is 10.2 Å². The molecule has 0 aliphatic carbocycles. The molecular weight excluding hydrogens is 468 g/mol. The highest BCUT2D eigenvalue weighted by Crippen LogP contribution is 2.37. The summed E-state index contributed by atoms with van der Waals surface area (Å²) in [6.45, 7) is 3.95. The van der Waals surface area contributed by atoms with Gasteiger partial charge in [0.15, 0.2) is 0 Å². The number of hydrogen-bond donors (Lipinski definition) is 1. The van der Waals surface area contributed by atoms with Crippen molar-refractivity contribution in [2.24, 2.45) is 0 Å². The average molecular weight is 493 g/mol. The van der Waals surface area contributed by atoms with Gasteiger partial charge < -0.3 is 5.32 Å². The van der Waals surface area contributed by atoms with Crippen LogP contribution in [-0.2, 0) is 27.2 Å². The van der Waals surface area contributed by atoms with E-state index in [-0.39, 0.29) is 30.6 Å². The molecular formula is C27H25ClN2O3S. The second-order valence-electron chi connectivity index (χ2n) is 8.19. The lowest BCUT2D eigenvalue weighted by Gasteiger charge is -2.20. The molecule has 7 heteroatoms. The summed E-state index contributed by atoms with van der Waals surface area (Å²) in [5.41, 5.74) is 4.19. The van der Waals surface area contributed by atoms with Gasteiger partial charge in [0, 0.05) is 22.0 Å². The third-order valence-corrected chi connectivity index (χ3v) is 7.17. The fourth-order valence-corrected chi connectivity index (χ4v) is 5.21. The van der Waals surface area contributed by atoms with Crippen LogP contribution in [0.3, 0.4) is 0 Å². The highest BCUT2D eigenvalue weighted by molar-refractivity contribution is 8.00. The van der Waals surface area contributed by atoms with Crippen LogP contribution in [0.2, 0.25) is 5.02 Å². The molecule has 0 unspecified atom stereocenters. The van der Waals surface area contributed by atoms with E-state index in [1.807, 2.05) is 56.3 Å². The topological polar surface area (TPSA) is 66.5 Å². The standard InChI is InChI=1S/C27H25ClN2O3S/c1-3-19-6-4-5-17(2)26(19)30-25(32)16-23(27(30)33)34-22-13-11-21(12-14-22)29-24(31)15-18-7-9-20(28)10-8-18/h4-14,23H,3,15-16H2,1-2H3,(H,29,31)/t23-/m1/s1. The maximum atomic E-state index is 13.2. The number of rotatable bonds is 7. The number of nitrogens with one attached hydrogen (secondary N) is 1. The maximum Gasteiger partial charge on any atom is 0.247 e. The first-order valence-corrected chi connectivity index (χ1v) is 12.4. The Hall–Kier alpha value is -3.09. The van der Waals surface area contributed by atoms with Crippen LogP contribution in [-0.4, -0.2) is 23.0 Å². The zero-order chi connectivity index (χ0) is 24.2. The van der Waals surface area contributed by atoms with E-state index < -0.39 is 5.25 Å². The van der Waals surface area contributed by atoms with Gasteiger partial charge in [0.05, 0.1) is 17.4 Å². The first-order valence-electron chi connectivity index (χ1n) is 11.1. The molecule has 174 valence electrons. The highest BCUT2D eigenvalue weighted by atomic mass is 35.5. The third-order valence-electron chi connectivity index (χ3n) is 5.73. The number of nitrogens with zero attached hydrogens (tertiary/aromatic N) is 1. The minimum atomic E-state index is -0.470. The molecule has 4 rings (SSSR count). The molecule has 1 fully saturated rings. The molecule has 1 aliphatic heterocycles. The van der Waals surface area contributed by atoms with Gasteiger partial charge in [0.25, 0.3) is 0 Å². The van der Waals surface area contributed by atoms with Gasteiger partial charge in [-0.25, -0.2) is 4.90 Å². The third kappa shape index (κ3) is 5.34. The first kappa shape index (κ1) is 24.0. The van der Waals surface area contributed by atoms with Crippen LogP contribution in [0.15, 0.2) is 71.6 Å². The number of para-hydroxylation sites is 1. The molecule has 3 aromatic carbocycles. The molecule has 1 N–H and O–H groups in total. The van der Waals surface area contributed by atoms with Gasteiger partial charge >= 0.3 is 0 Å². The SMILES string of the molecule is CCc1cccc(C)c1N1C(=O)C[C@@H](Sc2ccc(NC(=O)Cc3ccc(Cl)cc3)cc2)C1=O. The number of anilines is 2. The molecule has 0 saturated carbocycles. The van der Waals surface area contributed by atoms with E-state index in [9.17, 15) is 14.4 Å².